The molecular weight excluding hydrogens is 246 g/mol. The number of carbonyl (C=O) groups is 1. The molecule has 0 bridgehead atoms. The van der Waals surface area contributed by atoms with Crippen molar-refractivity contribution >= 4 is 17.3 Å². The Bertz CT molecular complexity index is 474. The van der Waals surface area contributed by atoms with Crippen molar-refractivity contribution in [2.45, 2.75) is 19.8 Å². The Balaban J connectivity index is 3.08. The van der Waals surface area contributed by atoms with Crippen molar-refractivity contribution < 1.29 is 9.72 Å². The fourth-order valence-corrected chi connectivity index (χ4v) is 1.72. The second-order valence-electron chi connectivity index (χ2n) is 4.32. The van der Waals surface area contributed by atoms with Crippen LogP contribution in [0.25, 0.3) is 0 Å². The number of nitrogens with zero attached hydrogens (tertiary/aromatic N) is 2. The van der Waals surface area contributed by atoms with Gasteiger partial charge in [0, 0.05) is 32.4 Å². The van der Waals surface area contributed by atoms with E-state index in [9.17, 15) is 14.9 Å². The zero-order chi connectivity index (χ0) is 14.4. The Morgan fingerprint density at radius 2 is 2.16 bits per heavy atom. The van der Waals surface area contributed by atoms with Gasteiger partial charge in [0.25, 0.3) is 11.6 Å². The topological polar surface area (TPSA) is 75.5 Å². The number of carbonyl (C=O) groups excluding carboxylic acids is 1. The predicted molar refractivity (Wildman–Crippen MR) is 74.5 cm³/mol. The third kappa shape index (κ3) is 3.67. The average Bonchev–Trinajstić information content (AvgIpc) is 2.42. The Hall–Kier alpha value is -2.11. The lowest BCUT2D eigenvalue weighted by atomic mass is 10.1. The molecule has 1 amide bonds. The summed E-state index contributed by atoms with van der Waals surface area (Å²) < 4.78 is 0. The van der Waals surface area contributed by atoms with Gasteiger partial charge in [-0.25, -0.2) is 0 Å². The van der Waals surface area contributed by atoms with Crippen LogP contribution in [-0.4, -0.2) is 36.4 Å². The van der Waals surface area contributed by atoms with E-state index in [1.807, 2.05) is 6.92 Å². The van der Waals surface area contributed by atoms with Gasteiger partial charge in [-0.15, -0.1) is 0 Å². The molecule has 1 N–H and O–H groups in total. The van der Waals surface area contributed by atoms with Crippen molar-refractivity contribution in [1.82, 2.24) is 4.90 Å². The van der Waals surface area contributed by atoms with Crippen LogP contribution in [0.1, 0.15) is 30.1 Å². The lowest BCUT2D eigenvalue weighted by Crippen LogP contribution is -2.28. The van der Waals surface area contributed by atoms with Crippen molar-refractivity contribution in [3.05, 3.63) is 33.9 Å². The van der Waals surface area contributed by atoms with Gasteiger partial charge in [0.05, 0.1) is 4.92 Å². The summed E-state index contributed by atoms with van der Waals surface area (Å²) in [6.45, 7) is 2.62. The number of benzene rings is 1. The fourth-order valence-electron chi connectivity index (χ4n) is 1.72. The lowest BCUT2D eigenvalue weighted by Gasteiger charge is -2.17. The summed E-state index contributed by atoms with van der Waals surface area (Å²) in [5.41, 5.74) is 0.639. The monoisotopic (exact) mass is 265 g/mol. The third-order valence-corrected chi connectivity index (χ3v) is 2.91. The predicted octanol–water partition coefficient (Wildman–Crippen LogP) is 2.51. The van der Waals surface area contributed by atoms with Gasteiger partial charge < -0.3 is 10.2 Å². The van der Waals surface area contributed by atoms with E-state index in [4.69, 9.17) is 0 Å². The van der Waals surface area contributed by atoms with Crippen molar-refractivity contribution in [3.63, 3.8) is 0 Å². The van der Waals surface area contributed by atoms with Crippen molar-refractivity contribution in [2.75, 3.05) is 26.0 Å². The van der Waals surface area contributed by atoms with E-state index in [-0.39, 0.29) is 17.2 Å². The summed E-state index contributed by atoms with van der Waals surface area (Å²) in [4.78, 5) is 24.2. The molecule has 19 heavy (non-hydrogen) atoms. The molecule has 0 saturated carbocycles. The minimum Gasteiger partial charge on any atom is -0.388 e. The second-order valence-corrected chi connectivity index (χ2v) is 4.32. The van der Waals surface area contributed by atoms with Crippen molar-refractivity contribution in [2.24, 2.45) is 0 Å². The number of amides is 1. The molecule has 0 aliphatic heterocycles. The van der Waals surface area contributed by atoms with E-state index in [1.165, 1.54) is 17.0 Å². The maximum atomic E-state index is 12.2. The molecule has 0 fully saturated rings. The van der Waals surface area contributed by atoms with Gasteiger partial charge in [0.1, 0.15) is 5.56 Å². The number of anilines is 1. The van der Waals surface area contributed by atoms with Crippen molar-refractivity contribution in [1.29, 1.82) is 0 Å². The molecule has 1 aromatic carbocycles. The van der Waals surface area contributed by atoms with E-state index in [1.54, 1.807) is 20.2 Å². The molecule has 0 atom stereocenters. The molecule has 6 heteroatoms. The van der Waals surface area contributed by atoms with Crippen LogP contribution in [0.3, 0.4) is 0 Å². The summed E-state index contributed by atoms with van der Waals surface area (Å²) >= 11 is 0. The first kappa shape index (κ1) is 14.9. The molecule has 104 valence electrons. The fraction of sp³-hybridized carbons (Fsp3) is 0.462. The van der Waals surface area contributed by atoms with E-state index >= 15 is 0 Å². The first-order valence-electron chi connectivity index (χ1n) is 6.23. The summed E-state index contributed by atoms with van der Waals surface area (Å²) in [5, 5.41) is 13.9. The van der Waals surface area contributed by atoms with E-state index in [2.05, 4.69) is 5.32 Å². The lowest BCUT2D eigenvalue weighted by molar-refractivity contribution is -0.385. The highest BCUT2D eigenvalue weighted by Gasteiger charge is 2.22. The quantitative estimate of drug-likeness (QED) is 0.633. The molecule has 0 radical (unpaired) electrons. The van der Waals surface area contributed by atoms with Gasteiger partial charge in [-0.1, -0.05) is 13.3 Å². The summed E-state index contributed by atoms with van der Waals surface area (Å²) in [5.74, 6) is -0.322. The second kappa shape index (κ2) is 6.72. The number of nitro benzene ring substituents is 1. The molecule has 0 spiro atoms. The minimum absolute atomic E-state index is 0.121. The summed E-state index contributed by atoms with van der Waals surface area (Å²) in [6.07, 6.45) is 1.85. The molecular formula is C13H19N3O3. The van der Waals surface area contributed by atoms with Crippen LogP contribution in [0.5, 0.6) is 0 Å². The van der Waals surface area contributed by atoms with Crippen molar-refractivity contribution in [3.8, 4) is 0 Å². The van der Waals surface area contributed by atoms with Gasteiger partial charge in [-0.05, 0) is 18.6 Å². The first-order valence-corrected chi connectivity index (χ1v) is 6.23. The zero-order valence-corrected chi connectivity index (χ0v) is 11.5. The van der Waals surface area contributed by atoms with Crippen LogP contribution in [0.2, 0.25) is 0 Å². The standard InChI is InChI=1S/C13H19N3O3/c1-4-5-8-15(3)13(17)11-9-10(14-2)6-7-12(11)16(18)19/h6-7,9,14H,4-5,8H2,1-3H3. The molecule has 0 aromatic heterocycles. The van der Waals surface area contributed by atoms with Gasteiger partial charge in [0.15, 0.2) is 0 Å². The highest BCUT2D eigenvalue weighted by molar-refractivity contribution is 5.99. The van der Waals surface area contributed by atoms with Crippen LogP contribution in [0, 0.1) is 10.1 Å². The van der Waals surface area contributed by atoms with Crippen LogP contribution in [0.15, 0.2) is 18.2 Å². The number of nitrogens with one attached hydrogen (secondary N) is 1. The van der Waals surface area contributed by atoms with Gasteiger partial charge >= 0.3 is 0 Å². The smallest absolute Gasteiger partial charge is 0.282 e. The van der Waals surface area contributed by atoms with E-state index in [0.29, 0.717) is 12.2 Å². The zero-order valence-electron chi connectivity index (χ0n) is 11.5. The van der Waals surface area contributed by atoms with E-state index in [0.717, 1.165) is 12.8 Å². The summed E-state index contributed by atoms with van der Waals surface area (Å²) in [6, 6.07) is 4.45. The Labute approximate surface area is 112 Å². The molecule has 0 aliphatic carbocycles. The van der Waals surface area contributed by atoms with Crippen LogP contribution >= 0.6 is 0 Å². The molecule has 1 aromatic rings. The molecule has 0 saturated heterocycles. The molecule has 0 aliphatic rings. The number of hydrogen-bond donors (Lipinski definition) is 1. The molecule has 0 unspecified atom stereocenters. The Morgan fingerprint density at radius 3 is 2.68 bits per heavy atom. The Morgan fingerprint density at radius 1 is 1.47 bits per heavy atom. The third-order valence-electron chi connectivity index (χ3n) is 2.91. The normalized spacial score (nSPS) is 10.1. The van der Waals surface area contributed by atoms with Gasteiger partial charge in [0.2, 0.25) is 0 Å². The first-order chi connectivity index (χ1) is 9.01. The highest BCUT2D eigenvalue weighted by Crippen LogP contribution is 2.23. The van der Waals surface area contributed by atoms with Gasteiger partial charge in [-0.2, -0.15) is 0 Å². The highest BCUT2D eigenvalue weighted by atomic mass is 16.6. The largest absolute Gasteiger partial charge is 0.388 e. The number of unbranched alkanes of at least 4 members (excludes halogenated alkanes) is 1. The van der Waals surface area contributed by atoms with E-state index < -0.39 is 4.92 Å². The number of hydrogen-bond acceptors (Lipinski definition) is 4. The van der Waals surface area contributed by atoms with Gasteiger partial charge in [-0.3, -0.25) is 14.9 Å². The van der Waals surface area contributed by atoms with Crippen LogP contribution in [-0.2, 0) is 0 Å². The maximum Gasteiger partial charge on any atom is 0.282 e. The Kier molecular flexibility index (Phi) is 5.29. The molecule has 6 nitrogen and oxygen atoms in total. The minimum atomic E-state index is -0.527. The number of nitro groups is 1. The molecule has 1 rings (SSSR count). The average molecular weight is 265 g/mol. The van der Waals surface area contributed by atoms with Crippen LogP contribution < -0.4 is 5.32 Å². The molecule has 0 heterocycles. The maximum absolute atomic E-state index is 12.2. The number of rotatable bonds is 6. The SMILES string of the molecule is CCCCN(C)C(=O)c1cc(NC)ccc1[N+](=O)[O-]. The van der Waals surface area contributed by atoms with Crippen LogP contribution in [0.4, 0.5) is 11.4 Å². The summed E-state index contributed by atoms with van der Waals surface area (Å²) in [7, 11) is 3.37.